The molecule has 3 heterocycles. The number of morpholine rings is 1. The van der Waals surface area contributed by atoms with Crippen LogP contribution in [0.15, 0.2) is 18.5 Å². The van der Waals surface area contributed by atoms with Crippen molar-refractivity contribution in [2.24, 2.45) is 0 Å². The third kappa shape index (κ3) is 3.39. The molecular formula is C15H17ClN6O2. The van der Waals surface area contributed by atoms with E-state index in [0.29, 0.717) is 37.8 Å². The molecule has 0 bridgehead atoms. The quantitative estimate of drug-likeness (QED) is 0.865. The fraction of sp³-hybridized carbons (Fsp3) is 0.333. The molecule has 1 saturated heterocycles. The molecule has 0 atom stereocenters. The van der Waals surface area contributed by atoms with E-state index in [2.05, 4.69) is 20.3 Å². The number of carbonyl (C=O) groups is 1. The lowest BCUT2D eigenvalue weighted by Crippen LogP contribution is -2.37. The number of aromatic nitrogens is 3. The van der Waals surface area contributed by atoms with Crippen LogP contribution in [0.5, 0.6) is 0 Å². The molecule has 0 aromatic carbocycles. The summed E-state index contributed by atoms with van der Waals surface area (Å²) < 4.78 is 5.30. The number of hydrogen-bond donors (Lipinski definition) is 2. The molecule has 2 aromatic rings. The number of carbonyl (C=O) groups excluding carboxylic acids is 1. The topological polar surface area (TPSA) is 106 Å². The van der Waals surface area contributed by atoms with Crippen LogP contribution in [0.2, 0.25) is 5.15 Å². The first-order valence-corrected chi connectivity index (χ1v) is 7.81. The van der Waals surface area contributed by atoms with Crippen LogP contribution in [0.3, 0.4) is 0 Å². The first-order chi connectivity index (χ1) is 11.6. The van der Waals surface area contributed by atoms with E-state index in [4.69, 9.17) is 22.1 Å². The minimum atomic E-state index is -0.480. The molecule has 0 radical (unpaired) electrons. The predicted molar refractivity (Wildman–Crippen MR) is 91.4 cm³/mol. The highest BCUT2D eigenvalue weighted by Gasteiger charge is 2.22. The number of halogens is 1. The van der Waals surface area contributed by atoms with Gasteiger partial charge in [0.2, 0.25) is 0 Å². The number of nitrogens with zero attached hydrogens (tertiary/aromatic N) is 4. The summed E-state index contributed by atoms with van der Waals surface area (Å²) in [5.74, 6) is 0.0121. The maximum atomic E-state index is 12.4. The van der Waals surface area contributed by atoms with Crippen molar-refractivity contribution >= 4 is 34.8 Å². The molecule has 1 aliphatic rings. The van der Waals surface area contributed by atoms with Gasteiger partial charge >= 0.3 is 0 Å². The third-order valence-corrected chi connectivity index (χ3v) is 3.93. The average Bonchev–Trinajstić information content (AvgIpc) is 2.59. The van der Waals surface area contributed by atoms with Gasteiger partial charge in [0, 0.05) is 19.3 Å². The summed E-state index contributed by atoms with van der Waals surface area (Å²) in [6.07, 6.45) is 3.20. The van der Waals surface area contributed by atoms with E-state index in [1.54, 1.807) is 18.5 Å². The Hall–Kier alpha value is -2.45. The summed E-state index contributed by atoms with van der Waals surface area (Å²) in [4.78, 5) is 26.7. The normalized spacial score (nSPS) is 14.5. The Balaban J connectivity index is 1.84. The number of nitrogens with two attached hydrogens (primary N) is 1. The zero-order valence-corrected chi connectivity index (χ0v) is 13.9. The minimum Gasteiger partial charge on any atom is -0.382 e. The Bertz CT molecular complexity index is 764. The van der Waals surface area contributed by atoms with Crippen LogP contribution < -0.4 is 16.0 Å². The highest BCUT2D eigenvalue weighted by Crippen LogP contribution is 2.25. The second-order valence-electron chi connectivity index (χ2n) is 5.32. The van der Waals surface area contributed by atoms with Crippen LogP contribution in [0.4, 0.5) is 17.3 Å². The maximum Gasteiger partial charge on any atom is 0.278 e. The molecular weight excluding hydrogens is 332 g/mol. The number of nitrogen functional groups attached to an aromatic ring is 1. The fourth-order valence-electron chi connectivity index (χ4n) is 2.34. The van der Waals surface area contributed by atoms with Gasteiger partial charge in [-0.05, 0) is 18.6 Å². The molecule has 9 heteroatoms. The number of anilines is 3. The Morgan fingerprint density at radius 2 is 2.12 bits per heavy atom. The van der Waals surface area contributed by atoms with Crippen molar-refractivity contribution < 1.29 is 9.53 Å². The molecule has 2 aromatic heterocycles. The minimum absolute atomic E-state index is 0.0136. The molecule has 0 aliphatic carbocycles. The molecule has 24 heavy (non-hydrogen) atoms. The number of ether oxygens (including phenoxy) is 1. The number of hydrogen-bond acceptors (Lipinski definition) is 7. The third-order valence-electron chi connectivity index (χ3n) is 3.68. The Labute approximate surface area is 144 Å². The van der Waals surface area contributed by atoms with Gasteiger partial charge in [-0.15, -0.1) is 0 Å². The lowest BCUT2D eigenvalue weighted by molar-refractivity contribution is 0.102. The summed E-state index contributed by atoms with van der Waals surface area (Å²) in [5, 5.41) is 2.86. The van der Waals surface area contributed by atoms with E-state index in [1.165, 1.54) is 0 Å². The molecule has 3 N–H and O–H groups in total. The number of amides is 1. The molecule has 126 valence electrons. The van der Waals surface area contributed by atoms with E-state index in [-0.39, 0.29) is 16.7 Å². The molecule has 0 spiro atoms. The smallest absolute Gasteiger partial charge is 0.278 e. The van der Waals surface area contributed by atoms with Crippen molar-refractivity contribution in [2.75, 3.05) is 42.3 Å². The van der Waals surface area contributed by atoms with Crippen LogP contribution in [-0.2, 0) is 4.74 Å². The van der Waals surface area contributed by atoms with Gasteiger partial charge in [-0.3, -0.25) is 9.78 Å². The summed E-state index contributed by atoms with van der Waals surface area (Å²) in [5.41, 5.74) is 7.37. The Morgan fingerprint density at radius 3 is 2.83 bits per heavy atom. The molecule has 3 rings (SSSR count). The number of nitrogens with one attached hydrogen (secondary N) is 1. The van der Waals surface area contributed by atoms with Crippen LogP contribution in [-0.4, -0.2) is 47.2 Å². The zero-order valence-electron chi connectivity index (χ0n) is 13.1. The fourth-order valence-corrected chi connectivity index (χ4v) is 2.58. The van der Waals surface area contributed by atoms with Gasteiger partial charge in [-0.1, -0.05) is 11.6 Å². The lowest BCUT2D eigenvalue weighted by Gasteiger charge is -2.28. The SMILES string of the molecule is Cc1ccncc1NC(=O)c1nc(Cl)c(N2CCOCC2)nc1N. The van der Waals surface area contributed by atoms with Gasteiger partial charge in [0.1, 0.15) is 0 Å². The van der Waals surface area contributed by atoms with Crippen molar-refractivity contribution in [1.29, 1.82) is 0 Å². The van der Waals surface area contributed by atoms with Crippen LogP contribution in [0, 0.1) is 6.92 Å². The van der Waals surface area contributed by atoms with Gasteiger partial charge in [0.15, 0.2) is 22.5 Å². The summed E-state index contributed by atoms with van der Waals surface area (Å²) in [6.45, 7) is 4.32. The number of rotatable bonds is 3. The van der Waals surface area contributed by atoms with Crippen LogP contribution in [0.25, 0.3) is 0 Å². The monoisotopic (exact) mass is 348 g/mol. The van der Waals surface area contributed by atoms with Gasteiger partial charge < -0.3 is 20.7 Å². The zero-order chi connectivity index (χ0) is 17.1. The van der Waals surface area contributed by atoms with Crippen LogP contribution in [0.1, 0.15) is 16.1 Å². The molecule has 1 fully saturated rings. The average molecular weight is 349 g/mol. The van der Waals surface area contributed by atoms with E-state index in [9.17, 15) is 4.79 Å². The lowest BCUT2D eigenvalue weighted by atomic mass is 10.2. The Morgan fingerprint density at radius 1 is 1.38 bits per heavy atom. The maximum absolute atomic E-state index is 12.4. The number of aryl methyl sites for hydroxylation is 1. The predicted octanol–water partition coefficient (Wildman–Crippen LogP) is 1.50. The van der Waals surface area contributed by atoms with Crippen LogP contribution >= 0.6 is 11.6 Å². The molecule has 1 aliphatic heterocycles. The molecule has 0 saturated carbocycles. The highest BCUT2D eigenvalue weighted by molar-refractivity contribution is 6.32. The van der Waals surface area contributed by atoms with Gasteiger partial charge in [0.05, 0.1) is 25.1 Å². The molecule has 8 nitrogen and oxygen atoms in total. The molecule has 0 unspecified atom stereocenters. The summed E-state index contributed by atoms with van der Waals surface area (Å²) in [7, 11) is 0. The summed E-state index contributed by atoms with van der Waals surface area (Å²) in [6, 6.07) is 1.79. The van der Waals surface area contributed by atoms with E-state index >= 15 is 0 Å². The van der Waals surface area contributed by atoms with Crippen molar-refractivity contribution in [3.63, 3.8) is 0 Å². The first-order valence-electron chi connectivity index (χ1n) is 7.44. The largest absolute Gasteiger partial charge is 0.382 e. The van der Waals surface area contributed by atoms with E-state index in [1.807, 2.05) is 11.8 Å². The Kier molecular flexibility index (Phi) is 4.77. The highest BCUT2D eigenvalue weighted by atomic mass is 35.5. The van der Waals surface area contributed by atoms with Gasteiger partial charge in [-0.2, -0.15) is 0 Å². The van der Waals surface area contributed by atoms with E-state index < -0.39 is 5.91 Å². The number of pyridine rings is 1. The second kappa shape index (κ2) is 6.98. The van der Waals surface area contributed by atoms with Gasteiger partial charge in [-0.25, -0.2) is 9.97 Å². The van der Waals surface area contributed by atoms with Gasteiger partial charge in [0.25, 0.3) is 5.91 Å². The first kappa shape index (κ1) is 16.4. The molecule has 1 amide bonds. The standard InChI is InChI=1S/C15H17ClN6O2/c1-9-2-3-18-8-10(9)19-15(23)11-13(17)21-14(12(16)20-11)22-4-6-24-7-5-22/h2-3,8H,4-7H2,1H3,(H2,17,21)(H,19,23). The second-order valence-corrected chi connectivity index (χ2v) is 5.67. The summed E-state index contributed by atoms with van der Waals surface area (Å²) >= 11 is 6.21. The van der Waals surface area contributed by atoms with Crippen molar-refractivity contribution in [1.82, 2.24) is 15.0 Å². The van der Waals surface area contributed by atoms with Crippen molar-refractivity contribution in [3.05, 3.63) is 34.9 Å². The van der Waals surface area contributed by atoms with Crippen molar-refractivity contribution in [3.8, 4) is 0 Å². The van der Waals surface area contributed by atoms with E-state index in [0.717, 1.165) is 5.56 Å². The van der Waals surface area contributed by atoms with Crippen molar-refractivity contribution in [2.45, 2.75) is 6.92 Å².